The van der Waals surface area contributed by atoms with Crippen LogP contribution in [0.25, 0.3) is 11.3 Å². The van der Waals surface area contributed by atoms with Crippen LogP contribution in [-0.4, -0.2) is 40.1 Å². The van der Waals surface area contributed by atoms with Crippen LogP contribution < -0.4 is 24.6 Å². The number of benzene rings is 2. The molecule has 0 amide bonds. The van der Waals surface area contributed by atoms with Crippen molar-refractivity contribution in [2.45, 2.75) is 31.7 Å². The summed E-state index contributed by atoms with van der Waals surface area (Å²) in [5.74, 6) is 0.652. The van der Waals surface area contributed by atoms with E-state index >= 15 is 0 Å². The average Bonchev–Trinajstić information content (AvgIpc) is 2.98. The van der Waals surface area contributed by atoms with Crippen molar-refractivity contribution in [2.75, 3.05) is 24.3 Å². The smallest absolute Gasteiger partial charge is 0.247 e. The van der Waals surface area contributed by atoms with Gasteiger partial charge in [-0.1, -0.05) is 36.9 Å². The van der Waals surface area contributed by atoms with Crippen molar-refractivity contribution in [3.05, 3.63) is 48.0 Å². The van der Waals surface area contributed by atoms with E-state index in [0.29, 0.717) is 34.8 Å². The normalized spacial score (nSPS) is 14.2. The Kier molecular flexibility index (Phi) is 7.13. The Bertz CT molecular complexity index is 1140. The maximum absolute atomic E-state index is 10.8. The number of para-hydroxylation sites is 1. The maximum Gasteiger partial charge on any atom is 0.247 e. The lowest BCUT2D eigenvalue weighted by Gasteiger charge is -2.21. The molecule has 0 fully saturated rings. The van der Waals surface area contributed by atoms with Gasteiger partial charge in [-0.25, -0.2) is 0 Å². The number of ether oxygens (including phenoxy) is 3. The van der Waals surface area contributed by atoms with Gasteiger partial charge in [-0.05, 0) is 37.6 Å². The number of aromatic nitrogens is 3. The van der Waals surface area contributed by atoms with Crippen molar-refractivity contribution in [3.8, 4) is 28.6 Å². The largest absolute Gasteiger partial charge is 0.546 e. The molecule has 0 aliphatic carbocycles. The highest BCUT2D eigenvalue weighted by atomic mass is 32.2. The number of aliphatic carboxylic acids is 1. The molecule has 1 aliphatic heterocycles. The van der Waals surface area contributed by atoms with E-state index in [9.17, 15) is 9.90 Å². The molecule has 1 aliphatic rings. The number of anilines is 1. The summed E-state index contributed by atoms with van der Waals surface area (Å²) in [5.41, 5.74) is 2.95. The van der Waals surface area contributed by atoms with E-state index in [1.165, 1.54) is 11.8 Å². The number of rotatable bonds is 9. The van der Waals surface area contributed by atoms with Gasteiger partial charge < -0.3 is 29.4 Å². The Hall–Kier alpha value is -3.53. The van der Waals surface area contributed by atoms with Gasteiger partial charge in [0.15, 0.2) is 23.4 Å². The summed E-state index contributed by atoms with van der Waals surface area (Å²) in [5, 5.41) is 23.4. The maximum atomic E-state index is 10.8. The van der Waals surface area contributed by atoms with E-state index in [4.69, 9.17) is 14.2 Å². The SMILES string of the molecule is CCCSc1nnc2c(n1)O[C@@H](c1ccc(OCC(=O)[O-])c(OCC)c1)Nc1ccccc1-2. The first-order valence-corrected chi connectivity index (χ1v) is 11.6. The minimum atomic E-state index is -1.31. The van der Waals surface area contributed by atoms with E-state index in [1.807, 2.05) is 31.2 Å². The quantitative estimate of drug-likeness (QED) is 0.470. The molecule has 0 saturated carbocycles. The third-order valence-electron chi connectivity index (χ3n) is 4.68. The fourth-order valence-corrected chi connectivity index (χ4v) is 3.90. The monoisotopic (exact) mass is 467 g/mol. The van der Waals surface area contributed by atoms with E-state index in [-0.39, 0.29) is 0 Å². The molecule has 9 nitrogen and oxygen atoms in total. The summed E-state index contributed by atoms with van der Waals surface area (Å²) in [6, 6.07) is 12.9. The van der Waals surface area contributed by atoms with Crippen LogP contribution in [0.3, 0.4) is 0 Å². The van der Waals surface area contributed by atoms with Gasteiger partial charge in [-0.15, -0.1) is 10.2 Å². The van der Waals surface area contributed by atoms with Crippen LogP contribution in [0.2, 0.25) is 0 Å². The molecule has 0 radical (unpaired) electrons. The van der Waals surface area contributed by atoms with Gasteiger partial charge >= 0.3 is 0 Å². The van der Waals surface area contributed by atoms with Gasteiger partial charge in [-0.2, -0.15) is 4.98 Å². The third kappa shape index (κ3) is 5.28. The van der Waals surface area contributed by atoms with Gasteiger partial charge in [-0.3, -0.25) is 0 Å². The van der Waals surface area contributed by atoms with Gasteiger partial charge in [0, 0.05) is 22.6 Å². The molecule has 2 aromatic carbocycles. The molecule has 0 saturated heterocycles. The zero-order chi connectivity index (χ0) is 23.2. The van der Waals surface area contributed by atoms with Crippen molar-refractivity contribution in [1.82, 2.24) is 15.2 Å². The van der Waals surface area contributed by atoms with Crippen LogP contribution >= 0.6 is 11.8 Å². The molecule has 10 heteroatoms. The third-order valence-corrected chi connectivity index (χ3v) is 5.73. The molecule has 0 unspecified atom stereocenters. The fourth-order valence-electron chi connectivity index (χ4n) is 3.26. The number of hydrogen-bond donors (Lipinski definition) is 1. The van der Waals surface area contributed by atoms with Crippen molar-refractivity contribution in [1.29, 1.82) is 0 Å². The minimum Gasteiger partial charge on any atom is -0.546 e. The van der Waals surface area contributed by atoms with Gasteiger partial charge in [0.1, 0.15) is 6.61 Å². The molecule has 1 N–H and O–H groups in total. The number of carboxylic acids is 1. The molecule has 1 atom stereocenters. The Labute approximate surface area is 195 Å². The average molecular weight is 468 g/mol. The van der Waals surface area contributed by atoms with Gasteiger partial charge in [0.05, 0.1) is 12.6 Å². The van der Waals surface area contributed by atoms with Crippen molar-refractivity contribution in [3.63, 3.8) is 0 Å². The number of thioether (sulfide) groups is 1. The van der Waals surface area contributed by atoms with Crippen molar-refractivity contribution in [2.24, 2.45) is 0 Å². The lowest BCUT2D eigenvalue weighted by atomic mass is 10.1. The minimum absolute atomic E-state index is 0.307. The zero-order valence-electron chi connectivity index (χ0n) is 18.2. The van der Waals surface area contributed by atoms with E-state index < -0.39 is 18.8 Å². The number of fused-ring (bicyclic) bond motifs is 3. The second-order valence-electron chi connectivity index (χ2n) is 7.08. The first-order chi connectivity index (χ1) is 16.1. The van der Waals surface area contributed by atoms with Gasteiger partial charge in [0.25, 0.3) is 0 Å². The standard InChI is InChI=1S/C23H24N4O5S/c1-3-11-33-23-25-22-20(26-27-23)15-7-5-6-8-16(15)24-21(32-22)14-9-10-17(31-13-19(28)29)18(12-14)30-4-2/h5-10,12,21,24H,3-4,11,13H2,1-2H3,(H,28,29)/p-1/t21-/m0/s1. The molecule has 2 heterocycles. The summed E-state index contributed by atoms with van der Waals surface area (Å²) in [7, 11) is 0. The highest BCUT2D eigenvalue weighted by molar-refractivity contribution is 7.99. The second-order valence-corrected chi connectivity index (χ2v) is 8.15. The number of carbonyl (C=O) groups is 1. The zero-order valence-corrected chi connectivity index (χ0v) is 19.1. The Balaban J connectivity index is 1.71. The Morgan fingerprint density at radius 3 is 2.79 bits per heavy atom. The summed E-state index contributed by atoms with van der Waals surface area (Å²) < 4.78 is 17.3. The topological polar surface area (TPSA) is 119 Å². The van der Waals surface area contributed by atoms with Crippen LogP contribution in [-0.2, 0) is 4.79 Å². The second kappa shape index (κ2) is 10.4. The molecule has 0 spiro atoms. The van der Waals surface area contributed by atoms with Crippen molar-refractivity contribution < 1.29 is 24.1 Å². The first kappa shape index (κ1) is 22.7. The number of carboxylic acid groups (broad SMARTS) is 1. The summed E-state index contributed by atoms with van der Waals surface area (Å²) in [6.07, 6.45) is 0.383. The van der Waals surface area contributed by atoms with Gasteiger partial charge in [0.2, 0.25) is 11.0 Å². The highest BCUT2D eigenvalue weighted by Crippen LogP contribution is 2.40. The van der Waals surface area contributed by atoms with Crippen molar-refractivity contribution >= 4 is 23.4 Å². The number of nitrogens with one attached hydrogen (secondary N) is 1. The highest BCUT2D eigenvalue weighted by Gasteiger charge is 2.26. The number of hydrogen-bond acceptors (Lipinski definition) is 10. The summed E-state index contributed by atoms with van der Waals surface area (Å²) >= 11 is 1.52. The van der Waals surface area contributed by atoms with Crippen LogP contribution in [0.5, 0.6) is 17.4 Å². The molecule has 33 heavy (non-hydrogen) atoms. The van der Waals surface area contributed by atoms with Crippen LogP contribution in [0.4, 0.5) is 5.69 Å². The molecule has 4 rings (SSSR count). The molecular formula is C23H23N4O5S-. The number of nitrogens with zero attached hydrogens (tertiary/aromatic N) is 3. The predicted molar refractivity (Wildman–Crippen MR) is 121 cm³/mol. The van der Waals surface area contributed by atoms with Crippen LogP contribution in [0.1, 0.15) is 32.1 Å². The Morgan fingerprint density at radius 2 is 2.00 bits per heavy atom. The van der Waals surface area contributed by atoms with Crippen LogP contribution in [0.15, 0.2) is 47.6 Å². The summed E-state index contributed by atoms with van der Waals surface area (Å²) in [6.45, 7) is 3.73. The Morgan fingerprint density at radius 1 is 1.15 bits per heavy atom. The van der Waals surface area contributed by atoms with Crippen LogP contribution in [0, 0.1) is 0 Å². The molecular weight excluding hydrogens is 444 g/mol. The summed E-state index contributed by atoms with van der Waals surface area (Å²) in [4.78, 5) is 15.4. The lowest BCUT2D eigenvalue weighted by molar-refractivity contribution is -0.307. The molecule has 172 valence electrons. The fraction of sp³-hybridized carbons (Fsp3) is 0.304. The number of carbonyl (C=O) groups excluding carboxylic acids is 1. The molecule has 3 aromatic rings. The van der Waals surface area contributed by atoms with E-state index in [1.54, 1.807) is 18.2 Å². The lowest BCUT2D eigenvalue weighted by Crippen LogP contribution is -2.29. The molecule has 0 bridgehead atoms. The van der Waals surface area contributed by atoms with E-state index in [2.05, 4.69) is 27.4 Å². The van der Waals surface area contributed by atoms with E-state index in [0.717, 1.165) is 29.0 Å². The first-order valence-electron chi connectivity index (χ1n) is 10.6. The molecule has 1 aromatic heterocycles. The predicted octanol–water partition coefficient (Wildman–Crippen LogP) is 3.07.